The standard InChI is InChI=1S/C20H16N2O4/c23-14-8-6-12(7-9-14)15-10-17(24)21-18-16(20(25)26)11-22(19(15)18)13-4-2-1-3-5-13/h1-9,11,15,23H,10H2,(H,21,24)(H,25,26)/t15-/m0/s1. The van der Waals surface area contributed by atoms with Crippen molar-refractivity contribution < 1.29 is 19.8 Å². The highest BCUT2D eigenvalue weighted by Gasteiger charge is 2.34. The van der Waals surface area contributed by atoms with E-state index in [0.717, 1.165) is 16.9 Å². The Labute approximate surface area is 149 Å². The molecule has 0 saturated heterocycles. The molecule has 0 saturated carbocycles. The monoisotopic (exact) mass is 348 g/mol. The Morgan fingerprint density at radius 1 is 1.08 bits per heavy atom. The summed E-state index contributed by atoms with van der Waals surface area (Å²) >= 11 is 0. The van der Waals surface area contributed by atoms with Gasteiger partial charge in [0.25, 0.3) is 0 Å². The number of para-hydroxylation sites is 1. The van der Waals surface area contributed by atoms with Gasteiger partial charge in [-0.25, -0.2) is 4.79 Å². The predicted molar refractivity (Wildman–Crippen MR) is 95.9 cm³/mol. The van der Waals surface area contributed by atoms with Gasteiger partial charge in [-0.2, -0.15) is 0 Å². The predicted octanol–water partition coefficient (Wildman–Crippen LogP) is 3.36. The number of carboxylic acids is 1. The number of benzene rings is 2. The first-order valence-electron chi connectivity index (χ1n) is 8.17. The van der Waals surface area contributed by atoms with Crippen molar-refractivity contribution in [3.05, 3.63) is 77.6 Å². The van der Waals surface area contributed by atoms with E-state index >= 15 is 0 Å². The zero-order valence-corrected chi connectivity index (χ0v) is 13.7. The normalized spacial score (nSPS) is 16.0. The highest BCUT2D eigenvalue weighted by molar-refractivity contribution is 6.04. The summed E-state index contributed by atoms with van der Waals surface area (Å²) < 4.78 is 1.82. The lowest BCUT2D eigenvalue weighted by atomic mass is 9.88. The van der Waals surface area contributed by atoms with E-state index in [9.17, 15) is 19.8 Å². The second-order valence-corrected chi connectivity index (χ2v) is 6.21. The number of carboxylic acid groups (broad SMARTS) is 1. The zero-order valence-electron chi connectivity index (χ0n) is 13.7. The average molecular weight is 348 g/mol. The van der Waals surface area contributed by atoms with Gasteiger partial charge in [-0.1, -0.05) is 30.3 Å². The van der Waals surface area contributed by atoms with E-state index < -0.39 is 5.97 Å². The first-order chi connectivity index (χ1) is 12.5. The fraction of sp³-hybridized carbons (Fsp3) is 0.100. The molecule has 1 aromatic heterocycles. The first kappa shape index (κ1) is 16.0. The van der Waals surface area contributed by atoms with E-state index in [4.69, 9.17) is 0 Å². The van der Waals surface area contributed by atoms with E-state index in [1.54, 1.807) is 30.5 Å². The minimum atomic E-state index is -1.09. The molecule has 2 aromatic carbocycles. The molecule has 0 fully saturated rings. The minimum absolute atomic E-state index is 0.0562. The van der Waals surface area contributed by atoms with Gasteiger partial charge in [0.15, 0.2) is 0 Å². The molecule has 0 aliphatic carbocycles. The molecule has 0 unspecified atom stereocenters. The summed E-state index contributed by atoms with van der Waals surface area (Å²) in [5.74, 6) is -1.50. The molecule has 0 radical (unpaired) electrons. The molecule has 130 valence electrons. The number of phenols is 1. The van der Waals surface area contributed by atoms with E-state index in [1.807, 2.05) is 34.9 Å². The summed E-state index contributed by atoms with van der Waals surface area (Å²) in [5.41, 5.74) is 2.76. The lowest BCUT2D eigenvalue weighted by Gasteiger charge is -2.26. The maximum absolute atomic E-state index is 12.2. The molecule has 1 amide bonds. The van der Waals surface area contributed by atoms with Crippen molar-refractivity contribution in [3.63, 3.8) is 0 Å². The Morgan fingerprint density at radius 2 is 1.77 bits per heavy atom. The number of aromatic hydroxyl groups is 1. The quantitative estimate of drug-likeness (QED) is 0.677. The molecular weight excluding hydrogens is 332 g/mol. The summed E-state index contributed by atoms with van der Waals surface area (Å²) in [4.78, 5) is 23.9. The molecule has 1 atom stereocenters. The maximum atomic E-state index is 12.2. The molecule has 3 aromatic rings. The summed E-state index contributed by atoms with van der Waals surface area (Å²) in [5, 5.41) is 21.9. The molecule has 26 heavy (non-hydrogen) atoms. The number of nitrogens with one attached hydrogen (secondary N) is 1. The molecule has 6 nitrogen and oxygen atoms in total. The summed E-state index contributed by atoms with van der Waals surface area (Å²) in [6, 6.07) is 16.0. The average Bonchev–Trinajstić information content (AvgIpc) is 3.02. The van der Waals surface area contributed by atoms with E-state index in [1.165, 1.54) is 0 Å². The largest absolute Gasteiger partial charge is 0.508 e. The highest BCUT2D eigenvalue weighted by atomic mass is 16.4. The number of hydrogen-bond acceptors (Lipinski definition) is 3. The number of amides is 1. The molecule has 0 bridgehead atoms. The maximum Gasteiger partial charge on any atom is 0.339 e. The molecule has 1 aliphatic heterocycles. The Morgan fingerprint density at radius 3 is 2.42 bits per heavy atom. The van der Waals surface area contributed by atoms with Crippen molar-refractivity contribution in [3.8, 4) is 11.4 Å². The van der Waals surface area contributed by atoms with Gasteiger partial charge in [0.2, 0.25) is 5.91 Å². The van der Waals surface area contributed by atoms with Crippen LogP contribution >= 0.6 is 0 Å². The van der Waals surface area contributed by atoms with Gasteiger partial charge in [0, 0.05) is 24.2 Å². The number of carbonyl (C=O) groups is 2. The zero-order chi connectivity index (χ0) is 18.3. The third-order valence-corrected chi connectivity index (χ3v) is 4.59. The minimum Gasteiger partial charge on any atom is -0.508 e. The van der Waals surface area contributed by atoms with Crippen LogP contribution < -0.4 is 5.32 Å². The van der Waals surface area contributed by atoms with Gasteiger partial charge in [0.05, 0.1) is 11.4 Å². The first-order valence-corrected chi connectivity index (χ1v) is 8.17. The number of nitrogens with zero attached hydrogens (tertiary/aromatic N) is 1. The van der Waals surface area contributed by atoms with Crippen LogP contribution in [-0.4, -0.2) is 26.7 Å². The van der Waals surface area contributed by atoms with Crippen molar-refractivity contribution in [2.45, 2.75) is 12.3 Å². The van der Waals surface area contributed by atoms with Crippen LogP contribution in [0.3, 0.4) is 0 Å². The smallest absolute Gasteiger partial charge is 0.339 e. The van der Waals surface area contributed by atoms with Gasteiger partial charge in [-0.15, -0.1) is 0 Å². The molecule has 2 heterocycles. The second-order valence-electron chi connectivity index (χ2n) is 6.21. The van der Waals surface area contributed by atoms with Crippen LogP contribution in [0.1, 0.15) is 34.0 Å². The van der Waals surface area contributed by atoms with Gasteiger partial charge < -0.3 is 20.1 Å². The van der Waals surface area contributed by atoms with Gasteiger partial charge in [-0.05, 0) is 29.8 Å². The number of aromatic nitrogens is 1. The van der Waals surface area contributed by atoms with Crippen LogP contribution in [0.15, 0.2) is 60.8 Å². The Bertz CT molecular complexity index is 991. The lowest BCUT2D eigenvalue weighted by Crippen LogP contribution is -2.25. The van der Waals surface area contributed by atoms with E-state index in [-0.39, 0.29) is 29.6 Å². The topological polar surface area (TPSA) is 91.6 Å². The van der Waals surface area contributed by atoms with E-state index in [2.05, 4.69) is 5.32 Å². The number of phenolic OH excluding ortho intramolecular Hbond substituents is 1. The SMILES string of the molecule is O=C1C[C@@H](c2ccc(O)cc2)c2c(c(C(=O)O)cn2-c2ccccc2)N1. The second kappa shape index (κ2) is 6.07. The van der Waals surface area contributed by atoms with Crippen LogP contribution in [0, 0.1) is 0 Å². The number of anilines is 1. The van der Waals surface area contributed by atoms with Crippen LogP contribution in [0.25, 0.3) is 5.69 Å². The van der Waals surface area contributed by atoms with Gasteiger partial charge in [-0.3, -0.25) is 4.79 Å². The van der Waals surface area contributed by atoms with Crippen molar-refractivity contribution >= 4 is 17.6 Å². The number of carbonyl (C=O) groups excluding carboxylic acids is 1. The highest BCUT2D eigenvalue weighted by Crippen LogP contribution is 2.41. The fourth-order valence-electron chi connectivity index (χ4n) is 3.41. The van der Waals surface area contributed by atoms with Crippen LogP contribution in [0.2, 0.25) is 0 Å². The molecular formula is C20H16N2O4. The van der Waals surface area contributed by atoms with Crippen molar-refractivity contribution in [2.24, 2.45) is 0 Å². The molecule has 4 rings (SSSR count). The Balaban J connectivity index is 1.96. The third kappa shape index (κ3) is 2.61. The number of fused-ring (bicyclic) bond motifs is 1. The summed E-state index contributed by atoms with van der Waals surface area (Å²) in [6.07, 6.45) is 1.75. The Kier molecular flexibility index (Phi) is 3.73. The molecule has 0 spiro atoms. The summed E-state index contributed by atoms with van der Waals surface area (Å²) in [7, 11) is 0. The molecule has 6 heteroatoms. The molecule has 3 N–H and O–H groups in total. The number of rotatable bonds is 3. The summed E-state index contributed by atoms with van der Waals surface area (Å²) in [6.45, 7) is 0. The van der Waals surface area contributed by atoms with Crippen LogP contribution in [0.4, 0.5) is 5.69 Å². The van der Waals surface area contributed by atoms with Crippen molar-refractivity contribution in [1.29, 1.82) is 0 Å². The van der Waals surface area contributed by atoms with Gasteiger partial charge in [0.1, 0.15) is 11.3 Å². The Hall–Kier alpha value is -3.54. The van der Waals surface area contributed by atoms with Crippen LogP contribution in [0.5, 0.6) is 5.75 Å². The van der Waals surface area contributed by atoms with Crippen molar-refractivity contribution in [2.75, 3.05) is 5.32 Å². The van der Waals surface area contributed by atoms with Crippen LogP contribution in [-0.2, 0) is 4.79 Å². The fourth-order valence-corrected chi connectivity index (χ4v) is 3.41. The number of hydrogen-bond donors (Lipinski definition) is 3. The van der Waals surface area contributed by atoms with Gasteiger partial charge >= 0.3 is 5.97 Å². The third-order valence-electron chi connectivity index (χ3n) is 4.59. The van der Waals surface area contributed by atoms with E-state index in [0.29, 0.717) is 5.69 Å². The molecule has 1 aliphatic rings. The lowest BCUT2D eigenvalue weighted by molar-refractivity contribution is -0.116. The number of aromatic carboxylic acids is 1. The van der Waals surface area contributed by atoms with Crippen molar-refractivity contribution in [1.82, 2.24) is 4.57 Å².